The zero-order valence-electron chi connectivity index (χ0n) is 15.1. The van der Waals surface area contributed by atoms with Crippen molar-refractivity contribution >= 4 is 33.8 Å². The molecule has 0 saturated heterocycles. The van der Waals surface area contributed by atoms with E-state index < -0.39 is 5.69 Å². The van der Waals surface area contributed by atoms with Gasteiger partial charge in [-0.15, -0.1) is 11.3 Å². The summed E-state index contributed by atoms with van der Waals surface area (Å²) in [5.74, 6) is -0.313. The topological polar surface area (TPSA) is 84.0 Å². The Morgan fingerprint density at radius 2 is 1.93 bits per heavy atom. The molecule has 2 heterocycles. The first-order chi connectivity index (χ1) is 13.6. The number of thiophene rings is 1. The molecule has 2 N–H and O–H groups in total. The highest BCUT2D eigenvalue weighted by Gasteiger charge is 2.13. The second-order valence-electron chi connectivity index (χ2n) is 6.22. The van der Waals surface area contributed by atoms with Crippen LogP contribution < -0.4 is 16.6 Å². The van der Waals surface area contributed by atoms with Gasteiger partial charge in [-0.1, -0.05) is 24.3 Å². The Balaban J connectivity index is 1.71. The van der Waals surface area contributed by atoms with E-state index >= 15 is 0 Å². The smallest absolute Gasteiger partial charge is 0.321 e. The zero-order valence-corrected chi connectivity index (χ0v) is 15.9. The quantitative estimate of drug-likeness (QED) is 0.556. The van der Waals surface area contributed by atoms with Crippen molar-refractivity contribution in [1.82, 2.24) is 9.55 Å². The maximum atomic E-state index is 12.8. The number of para-hydroxylation sites is 1. The molecule has 7 heteroatoms. The van der Waals surface area contributed by atoms with E-state index in [0.29, 0.717) is 22.2 Å². The van der Waals surface area contributed by atoms with Crippen LogP contribution in [-0.2, 0) is 6.54 Å². The van der Waals surface area contributed by atoms with Gasteiger partial charge in [0.05, 0.1) is 10.9 Å². The van der Waals surface area contributed by atoms with Crippen molar-refractivity contribution in [2.75, 3.05) is 5.32 Å². The number of benzene rings is 2. The number of nitrogens with one attached hydrogen (secondary N) is 2. The summed E-state index contributed by atoms with van der Waals surface area (Å²) in [6.07, 6.45) is 0. The fourth-order valence-corrected chi connectivity index (χ4v) is 3.88. The van der Waals surface area contributed by atoms with Gasteiger partial charge in [0.15, 0.2) is 0 Å². The molecule has 6 nitrogen and oxygen atoms in total. The molecule has 0 bridgehead atoms. The van der Waals surface area contributed by atoms with Crippen LogP contribution in [0.1, 0.15) is 17.3 Å². The van der Waals surface area contributed by atoms with Gasteiger partial charge < -0.3 is 10.3 Å². The maximum Gasteiger partial charge on any atom is 0.328 e. The predicted molar refractivity (Wildman–Crippen MR) is 112 cm³/mol. The van der Waals surface area contributed by atoms with Gasteiger partial charge in [0.1, 0.15) is 0 Å². The van der Waals surface area contributed by atoms with Crippen LogP contribution >= 0.6 is 11.3 Å². The summed E-state index contributed by atoms with van der Waals surface area (Å²) in [6.45, 7) is 2.02. The third kappa shape index (κ3) is 3.16. The van der Waals surface area contributed by atoms with Gasteiger partial charge in [-0.05, 0) is 42.6 Å². The summed E-state index contributed by atoms with van der Waals surface area (Å²) in [4.78, 5) is 40.9. The van der Waals surface area contributed by atoms with E-state index in [1.54, 1.807) is 30.4 Å². The maximum absolute atomic E-state index is 12.8. The van der Waals surface area contributed by atoms with Crippen LogP contribution in [0.25, 0.3) is 21.3 Å². The highest BCUT2D eigenvalue weighted by Crippen LogP contribution is 2.31. The minimum Gasteiger partial charge on any atom is -0.321 e. The standard InChI is InChI=1S/C21H17N3O3S/c1-2-24-20(26)15-10-9-13(12-17(15)23-21(24)27)19(25)22-16-7-4-3-6-14(16)18-8-5-11-28-18/h3-12H,2H2,1H3,(H,22,25)(H,23,27). The molecule has 0 aliphatic heterocycles. The Hall–Kier alpha value is -3.45. The average molecular weight is 391 g/mol. The molecule has 4 rings (SSSR count). The molecule has 28 heavy (non-hydrogen) atoms. The molecule has 0 fully saturated rings. The first-order valence-electron chi connectivity index (χ1n) is 8.79. The molecule has 0 saturated carbocycles. The lowest BCUT2D eigenvalue weighted by Crippen LogP contribution is -2.34. The van der Waals surface area contributed by atoms with Crippen molar-refractivity contribution in [2.45, 2.75) is 13.5 Å². The minimum atomic E-state index is -0.486. The van der Waals surface area contributed by atoms with Crippen LogP contribution in [0.15, 0.2) is 69.6 Å². The number of carbonyl (C=O) groups excluding carboxylic acids is 1. The summed E-state index contributed by atoms with van der Waals surface area (Å²) in [5.41, 5.74) is 1.49. The van der Waals surface area contributed by atoms with E-state index in [9.17, 15) is 14.4 Å². The van der Waals surface area contributed by atoms with Crippen LogP contribution in [0, 0.1) is 0 Å². The van der Waals surface area contributed by atoms with E-state index in [1.807, 2.05) is 41.8 Å². The van der Waals surface area contributed by atoms with Crippen molar-refractivity contribution in [1.29, 1.82) is 0 Å². The molecule has 1 amide bonds. The number of amides is 1. The fourth-order valence-electron chi connectivity index (χ4n) is 3.12. The normalized spacial score (nSPS) is 10.9. The number of aromatic amines is 1. The van der Waals surface area contributed by atoms with Crippen LogP contribution in [0.2, 0.25) is 0 Å². The number of hydrogen-bond donors (Lipinski definition) is 2. The van der Waals surface area contributed by atoms with Gasteiger partial charge in [0, 0.05) is 28.2 Å². The van der Waals surface area contributed by atoms with E-state index in [-0.39, 0.29) is 18.0 Å². The second kappa shape index (κ2) is 7.28. The van der Waals surface area contributed by atoms with Gasteiger partial charge >= 0.3 is 5.69 Å². The molecule has 4 aromatic rings. The van der Waals surface area contributed by atoms with E-state index in [1.165, 1.54) is 6.07 Å². The Morgan fingerprint density at radius 3 is 2.68 bits per heavy atom. The number of nitrogens with zero attached hydrogens (tertiary/aromatic N) is 1. The number of aromatic nitrogens is 2. The fraction of sp³-hybridized carbons (Fsp3) is 0.0952. The number of rotatable bonds is 4. The predicted octanol–water partition coefficient (Wildman–Crippen LogP) is 3.69. The van der Waals surface area contributed by atoms with Gasteiger partial charge in [0.25, 0.3) is 11.5 Å². The summed E-state index contributed by atoms with van der Waals surface area (Å²) in [6, 6.07) is 16.2. The number of carbonyl (C=O) groups is 1. The van der Waals surface area contributed by atoms with Crippen molar-refractivity contribution in [3.63, 3.8) is 0 Å². The van der Waals surface area contributed by atoms with Crippen LogP contribution in [0.5, 0.6) is 0 Å². The van der Waals surface area contributed by atoms with Gasteiger partial charge in [-0.25, -0.2) is 4.79 Å². The molecular weight excluding hydrogens is 374 g/mol. The number of anilines is 1. The first kappa shape index (κ1) is 17.9. The number of fused-ring (bicyclic) bond motifs is 1. The zero-order chi connectivity index (χ0) is 19.7. The third-order valence-electron chi connectivity index (χ3n) is 4.52. The first-order valence-corrected chi connectivity index (χ1v) is 9.67. The average Bonchev–Trinajstić information content (AvgIpc) is 3.23. The lowest BCUT2D eigenvalue weighted by molar-refractivity contribution is 0.102. The van der Waals surface area contributed by atoms with Gasteiger partial charge in [0.2, 0.25) is 0 Å². The van der Waals surface area contributed by atoms with Crippen molar-refractivity contribution in [3.8, 4) is 10.4 Å². The molecule has 0 unspecified atom stereocenters. The summed E-state index contributed by atoms with van der Waals surface area (Å²) < 4.78 is 1.12. The molecule has 140 valence electrons. The molecule has 0 radical (unpaired) electrons. The Kier molecular flexibility index (Phi) is 4.67. The summed E-state index contributed by atoms with van der Waals surface area (Å²) in [5, 5.41) is 5.28. The highest BCUT2D eigenvalue weighted by molar-refractivity contribution is 7.13. The number of H-pyrrole nitrogens is 1. The number of hydrogen-bond acceptors (Lipinski definition) is 4. The monoisotopic (exact) mass is 391 g/mol. The highest BCUT2D eigenvalue weighted by atomic mass is 32.1. The Bertz CT molecular complexity index is 1290. The van der Waals surface area contributed by atoms with Gasteiger partial charge in [-0.3, -0.25) is 14.2 Å². The van der Waals surface area contributed by atoms with Crippen LogP contribution in [-0.4, -0.2) is 15.5 Å². The Morgan fingerprint density at radius 1 is 1.11 bits per heavy atom. The van der Waals surface area contributed by atoms with Crippen molar-refractivity contribution in [2.24, 2.45) is 0 Å². The molecule has 2 aromatic carbocycles. The SMILES string of the molecule is CCn1c(=O)[nH]c2cc(C(=O)Nc3ccccc3-c3cccs3)ccc2c1=O. The van der Waals surface area contributed by atoms with Crippen LogP contribution in [0.4, 0.5) is 5.69 Å². The minimum absolute atomic E-state index is 0.284. The molecular formula is C21H17N3O3S. The molecule has 0 spiro atoms. The summed E-state index contributed by atoms with van der Waals surface area (Å²) >= 11 is 1.59. The van der Waals surface area contributed by atoms with Crippen LogP contribution in [0.3, 0.4) is 0 Å². The third-order valence-corrected chi connectivity index (χ3v) is 5.43. The van der Waals surface area contributed by atoms with Crippen molar-refractivity contribution in [3.05, 3.63) is 86.4 Å². The second-order valence-corrected chi connectivity index (χ2v) is 7.16. The molecule has 0 aliphatic carbocycles. The van der Waals surface area contributed by atoms with Gasteiger partial charge in [-0.2, -0.15) is 0 Å². The lowest BCUT2D eigenvalue weighted by atomic mass is 10.1. The van der Waals surface area contributed by atoms with Crippen molar-refractivity contribution < 1.29 is 4.79 Å². The van der Waals surface area contributed by atoms with E-state index in [0.717, 1.165) is 15.0 Å². The summed E-state index contributed by atoms with van der Waals surface area (Å²) in [7, 11) is 0. The van der Waals surface area contributed by atoms with E-state index in [2.05, 4.69) is 10.3 Å². The Labute approximate surface area is 164 Å². The largest absolute Gasteiger partial charge is 0.328 e. The van der Waals surface area contributed by atoms with E-state index in [4.69, 9.17) is 0 Å². The molecule has 2 aromatic heterocycles. The molecule has 0 atom stereocenters. The lowest BCUT2D eigenvalue weighted by Gasteiger charge is -2.11. The molecule has 0 aliphatic rings.